The molecule has 0 aliphatic heterocycles. The molecule has 0 aliphatic carbocycles. The number of aromatic nitrogens is 1. The molecule has 0 aliphatic rings. The number of nitriles is 1. The third-order valence-corrected chi connectivity index (χ3v) is 9.12. The Kier molecular flexibility index (Phi) is 11.2. The number of nitrogens with zero attached hydrogens (tertiary/aromatic N) is 2. The average Bonchev–Trinajstić information content (AvgIpc) is 2.89. The molecule has 5 nitrogen and oxygen atoms in total. The monoisotopic (exact) mass is 536 g/mol. The normalized spacial score (nSPS) is 12.3. The molecule has 0 spiro atoms. The van der Waals surface area contributed by atoms with Crippen molar-refractivity contribution < 1.29 is 13.5 Å². The first-order valence-electron chi connectivity index (χ1n) is 12.9. The van der Waals surface area contributed by atoms with Gasteiger partial charge in [-0.05, 0) is 25.0 Å². The zero-order valence-corrected chi connectivity index (χ0v) is 23.3. The lowest BCUT2D eigenvalue weighted by atomic mass is 9.98. The summed E-state index contributed by atoms with van der Waals surface area (Å²) in [7, 11) is -3.35. The molecule has 37 heavy (non-hydrogen) atoms. The lowest BCUT2D eigenvalue weighted by Crippen LogP contribution is -2.25. The Labute approximate surface area is 225 Å². The number of thioether (sulfide) groups is 1. The van der Waals surface area contributed by atoms with Crippen LogP contribution in [0.5, 0.6) is 0 Å². The number of aliphatic hydroxyl groups is 1. The molecule has 0 bridgehead atoms. The largest absolute Gasteiger partial charge is 0.391 e. The second kappa shape index (κ2) is 14.3. The van der Waals surface area contributed by atoms with Crippen molar-refractivity contribution in [3.05, 3.63) is 71.8 Å². The van der Waals surface area contributed by atoms with Crippen LogP contribution in [0.25, 0.3) is 22.4 Å². The van der Waals surface area contributed by atoms with Gasteiger partial charge in [-0.3, -0.25) is 0 Å². The molecule has 0 fully saturated rings. The smallest absolute Gasteiger partial charge is 0.152 e. The molecule has 3 aromatic rings. The summed E-state index contributed by atoms with van der Waals surface area (Å²) in [4.78, 5) is 4.75. The molecule has 0 radical (unpaired) electrons. The van der Waals surface area contributed by atoms with Crippen LogP contribution in [0.15, 0.2) is 65.7 Å². The molecular formula is C30H36N2O3S2. The predicted molar refractivity (Wildman–Crippen MR) is 153 cm³/mol. The van der Waals surface area contributed by atoms with Gasteiger partial charge in [-0.15, -0.1) is 11.8 Å². The first-order valence-corrected chi connectivity index (χ1v) is 15.7. The minimum atomic E-state index is -3.35. The van der Waals surface area contributed by atoms with E-state index in [1.165, 1.54) is 18.2 Å². The fourth-order valence-electron chi connectivity index (χ4n) is 4.15. The van der Waals surface area contributed by atoms with Crippen molar-refractivity contribution >= 4 is 21.6 Å². The molecule has 1 atom stereocenters. The molecule has 196 valence electrons. The van der Waals surface area contributed by atoms with Crippen molar-refractivity contribution in [3.63, 3.8) is 0 Å². The summed E-state index contributed by atoms with van der Waals surface area (Å²) in [6.45, 7) is 4.17. The summed E-state index contributed by atoms with van der Waals surface area (Å²) in [5.41, 5.74) is 4.87. The SMILES string of the molecule is CCCCCCCCS(=O)(=O)CC(O)CSc1nc(-c2ccccc2)cc(-c2ccc(C)cc2)c1C#N. The van der Waals surface area contributed by atoms with E-state index in [2.05, 4.69) is 13.0 Å². The maximum atomic E-state index is 12.5. The molecule has 7 heteroatoms. The number of unbranched alkanes of at least 4 members (excludes halogenated alkanes) is 5. The average molecular weight is 537 g/mol. The van der Waals surface area contributed by atoms with Crippen molar-refractivity contribution in [2.75, 3.05) is 17.3 Å². The van der Waals surface area contributed by atoms with Crippen LogP contribution in [-0.4, -0.2) is 41.9 Å². The third-order valence-electron chi connectivity index (χ3n) is 6.20. The Balaban J connectivity index is 1.76. The van der Waals surface area contributed by atoms with Crippen LogP contribution >= 0.6 is 11.8 Å². The highest BCUT2D eigenvalue weighted by Gasteiger charge is 2.20. The van der Waals surface area contributed by atoms with Gasteiger partial charge in [0, 0.05) is 16.9 Å². The highest BCUT2D eigenvalue weighted by Crippen LogP contribution is 2.34. The second-order valence-corrected chi connectivity index (χ2v) is 12.7. The summed E-state index contributed by atoms with van der Waals surface area (Å²) in [6, 6.07) is 21.9. The van der Waals surface area contributed by atoms with E-state index in [4.69, 9.17) is 4.98 Å². The number of rotatable bonds is 14. The lowest BCUT2D eigenvalue weighted by molar-refractivity contribution is 0.222. The zero-order chi connectivity index (χ0) is 26.7. The fourth-order valence-corrected chi connectivity index (χ4v) is 6.75. The van der Waals surface area contributed by atoms with Gasteiger partial charge in [-0.25, -0.2) is 13.4 Å². The first kappa shape index (κ1) is 28.9. The minimum absolute atomic E-state index is 0.101. The predicted octanol–water partition coefficient (Wildman–Crippen LogP) is 6.82. The molecule has 1 unspecified atom stereocenters. The fraction of sp³-hybridized carbons (Fsp3) is 0.400. The molecule has 1 heterocycles. The lowest BCUT2D eigenvalue weighted by Gasteiger charge is -2.15. The van der Waals surface area contributed by atoms with Crippen LogP contribution in [0.1, 0.15) is 56.6 Å². The first-order chi connectivity index (χ1) is 17.8. The number of benzene rings is 2. The van der Waals surface area contributed by atoms with Gasteiger partial charge in [-0.2, -0.15) is 5.26 Å². The second-order valence-electron chi connectivity index (χ2n) is 9.43. The number of aliphatic hydroxyl groups excluding tert-OH is 1. The number of hydrogen-bond acceptors (Lipinski definition) is 6. The Morgan fingerprint density at radius 3 is 2.32 bits per heavy atom. The molecule has 1 N–H and O–H groups in total. The topological polar surface area (TPSA) is 91.1 Å². The van der Waals surface area contributed by atoms with E-state index in [1.807, 2.05) is 67.6 Å². The highest BCUT2D eigenvalue weighted by molar-refractivity contribution is 7.99. The summed E-state index contributed by atoms with van der Waals surface area (Å²) in [5.74, 6) is -0.0351. The molecular weight excluding hydrogens is 500 g/mol. The summed E-state index contributed by atoms with van der Waals surface area (Å²) in [5, 5.41) is 21.1. The van der Waals surface area contributed by atoms with E-state index in [0.29, 0.717) is 17.0 Å². The molecule has 0 saturated carbocycles. The van der Waals surface area contributed by atoms with E-state index < -0.39 is 15.9 Å². The molecule has 0 amide bonds. The molecule has 3 rings (SSSR count). The summed E-state index contributed by atoms with van der Waals surface area (Å²) < 4.78 is 25.1. The van der Waals surface area contributed by atoms with Crippen LogP contribution in [-0.2, 0) is 9.84 Å². The Bertz CT molecular complexity index is 1280. The van der Waals surface area contributed by atoms with Gasteiger partial charge >= 0.3 is 0 Å². The molecule has 1 aromatic heterocycles. The highest BCUT2D eigenvalue weighted by atomic mass is 32.2. The minimum Gasteiger partial charge on any atom is -0.391 e. The van der Waals surface area contributed by atoms with Crippen LogP contribution in [0.3, 0.4) is 0 Å². The van der Waals surface area contributed by atoms with Crippen molar-refractivity contribution in [2.24, 2.45) is 0 Å². The number of aryl methyl sites for hydroxylation is 1. The number of pyridine rings is 1. The molecule has 0 saturated heterocycles. The Morgan fingerprint density at radius 1 is 0.973 bits per heavy atom. The summed E-state index contributed by atoms with van der Waals surface area (Å²) in [6.07, 6.45) is 5.01. The van der Waals surface area contributed by atoms with Gasteiger partial charge < -0.3 is 5.11 Å². The van der Waals surface area contributed by atoms with Crippen molar-refractivity contribution in [2.45, 2.75) is 63.5 Å². The standard InChI is InChI=1S/C30H36N2O3S2/c1-3-4-5-6-7-11-18-37(34,35)22-26(33)21-36-30-28(20-31)27(24-16-14-23(2)15-17-24)19-29(32-30)25-12-9-8-10-13-25/h8-10,12-17,19,26,33H,3-7,11,18,21-22H2,1-2H3. The number of sulfone groups is 1. The Morgan fingerprint density at radius 2 is 1.65 bits per heavy atom. The quantitative estimate of drug-likeness (QED) is 0.179. The van der Waals surface area contributed by atoms with Gasteiger partial charge in [-0.1, -0.05) is 99.2 Å². The van der Waals surface area contributed by atoms with Gasteiger partial charge in [0.25, 0.3) is 0 Å². The van der Waals surface area contributed by atoms with E-state index in [9.17, 15) is 18.8 Å². The maximum Gasteiger partial charge on any atom is 0.152 e. The van der Waals surface area contributed by atoms with Crippen molar-refractivity contribution in [3.8, 4) is 28.5 Å². The van der Waals surface area contributed by atoms with Gasteiger partial charge in [0.2, 0.25) is 0 Å². The van der Waals surface area contributed by atoms with Gasteiger partial charge in [0.15, 0.2) is 9.84 Å². The van der Waals surface area contributed by atoms with Gasteiger partial charge in [0.05, 0.1) is 28.9 Å². The molecule has 2 aromatic carbocycles. The Hall–Kier alpha value is -2.66. The van der Waals surface area contributed by atoms with E-state index >= 15 is 0 Å². The van der Waals surface area contributed by atoms with E-state index in [0.717, 1.165) is 53.6 Å². The van der Waals surface area contributed by atoms with Gasteiger partial charge in [0.1, 0.15) is 11.1 Å². The number of hydrogen-bond donors (Lipinski definition) is 1. The summed E-state index contributed by atoms with van der Waals surface area (Å²) >= 11 is 1.23. The zero-order valence-electron chi connectivity index (χ0n) is 21.7. The third kappa shape index (κ3) is 8.99. The van der Waals surface area contributed by atoms with Crippen LogP contribution in [0.2, 0.25) is 0 Å². The van der Waals surface area contributed by atoms with Crippen molar-refractivity contribution in [1.82, 2.24) is 4.98 Å². The van der Waals surface area contributed by atoms with E-state index in [-0.39, 0.29) is 17.3 Å². The van der Waals surface area contributed by atoms with E-state index in [1.54, 1.807) is 0 Å². The van der Waals surface area contributed by atoms with Crippen LogP contribution in [0.4, 0.5) is 0 Å². The van der Waals surface area contributed by atoms with Crippen molar-refractivity contribution in [1.29, 1.82) is 5.26 Å². The maximum absolute atomic E-state index is 12.5. The van der Waals surface area contributed by atoms with Crippen LogP contribution in [0, 0.1) is 18.3 Å². The van der Waals surface area contributed by atoms with Crippen LogP contribution < -0.4 is 0 Å².